The van der Waals surface area contributed by atoms with E-state index in [1.807, 2.05) is 24.3 Å². The van der Waals surface area contributed by atoms with Crippen molar-refractivity contribution in [3.63, 3.8) is 0 Å². The standard InChI is InChI=1S/C8H6N2O2S/c9-7(11)12-8-10-5-3-1-2-4-6(5)13-8/h1-4H,(H2,9,11). The van der Waals surface area contributed by atoms with E-state index >= 15 is 0 Å². The van der Waals surface area contributed by atoms with Gasteiger partial charge < -0.3 is 10.5 Å². The van der Waals surface area contributed by atoms with Crippen molar-refractivity contribution in [3.8, 4) is 5.19 Å². The molecule has 13 heavy (non-hydrogen) atoms. The molecule has 1 aromatic heterocycles. The molecule has 0 saturated heterocycles. The van der Waals surface area contributed by atoms with Crippen molar-refractivity contribution in [3.05, 3.63) is 24.3 Å². The van der Waals surface area contributed by atoms with E-state index in [4.69, 9.17) is 5.73 Å². The van der Waals surface area contributed by atoms with Gasteiger partial charge in [0.25, 0.3) is 5.19 Å². The van der Waals surface area contributed by atoms with E-state index in [0.29, 0.717) is 0 Å². The van der Waals surface area contributed by atoms with Crippen LogP contribution in [0.2, 0.25) is 0 Å². The molecule has 2 rings (SSSR count). The van der Waals surface area contributed by atoms with E-state index in [1.54, 1.807) is 0 Å². The average Bonchev–Trinajstić information content (AvgIpc) is 2.44. The molecule has 0 aliphatic heterocycles. The van der Waals surface area contributed by atoms with Crippen LogP contribution in [0.1, 0.15) is 0 Å². The van der Waals surface area contributed by atoms with Crippen molar-refractivity contribution in [2.45, 2.75) is 0 Å². The third-order valence-electron chi connectivity index (χ3n) is 1.46. The number of fused-ring (bicyclic) bond motifs is 1. The quantitative estimate of drug-likeness (QED) is 0.752. The summed E-state index contributed by atoms with van der Waals surface area (Å²) in [5, 5.41) is 0.286. The number of amides is 1. The van der Waals surface area contributed by atoms with Crippen molar-refractivity contribution in [1.82, 2.24) is 4.98 Å². The van der Waals surface area contributed by atoms with Gasteiger partial charge in [0.15, 0.2) is 0 Å². The molecule has 0 aliphatic rings. The molecule has 66 valence electrons. The number of nitrogens with two attached hydrogens (primary N) is 1. The van der Waals surface area contributed by atoms with Crippen LogP contribution in [0.4, 0.5) is 4.79 Å². The molecule has 0 fully saturated rings. The van der Waals surface area contributed by atoms with Crippen molar-refractivity contribution in [2.24, 2.45) is 5.73 Å². The largest absolute Gasteiger partial charge is 0.411 e. The molecule has 2 aromatic rings. The topological polar surface area (TPSA) is 65.2 Å². The summed E-state index contributed by atoms with van der Waals surface area (Å²) in [4.78, 5) is 14.5. The monoisotopic (exact) mass is 194 g/mol. The summed E-state index contributed by atoms with van der Waals surface area (Å²) in [7, 11) is 0. The minimum atomic E-state index is -0.834. The van der Waals surface area contributed by atoms with Gasteiger partial charge in [-0.1, -0.05) is 23.5 Å². The van der Waals surface area contributed by atoms with E-state index in [1.165, 1.54) is 11.3 Å². The second-order valence-corrected chi connectivity index (χ2v) is 3.36. The highest BCUT2D eigenvalue weighted by atomic mass is 32.1. The molecular weight excluding hydrogens is 188 g/mol. The molecule has 0 spiro atoms. The third kappa shape index (κ3) is 1.59. The van der Waals surface area contributed by atoms with E-state index in [0.717, 1.165) is 10.2 Å². The highest BCUT2D eigenvalue weighted by Gasteiger charge is 2.05. The molecule has 1 amide bonds. The Morgan fingerprint density at radius 3 is 2.92 bits per heavy atom. The zero-order chi connectivity index (χ0) is 9.26. The number of aromatic nitrogens is 1. The van der Waals surface area contributed by atoms with Crippen LogP contribution in [-0.4, -0.2) is 11.1 Å². The SMILES string of the molecule is NC(=O)Oc1nc2ccccc2s1. The first kappa shape index (κ1) is 8.00. The Balaban J connectivity index is 2.44. The fraction of sp³-hybridized carbons (Fsp3) is 0. The van der Waals surface area contributed by atoms with Gasteiger partial charge in [-0.05, 0) is 12.1 Å². The van der Waals surface area contributed by atoms with Crippen molar-refractivity contribution in [2.75, 3.05) is 0 Å². The van der Waals surface area contributed by atoms with E-state index in [2.05, 4.69) is 9.72 Å². The molecule has 0 bridgehead atoms. The summed E-state index contributed by atoms with van der Waals surface area (Å²) in [6.45, 7) is 0. The Kier molecular flexibility index (Phi) is 1.86. The predicted molar refractivity (Wildman–Crippen MR) is 49.8 cm³/mol. The molecule has 0 radical (unpaired) electrons. The molecule has 1 heterocycles. The molecule has 0 aliphatic carbocycles. The Labute approximate surface area is 78.0 Å². The first-order valence-corrected chi connectivity index (χ1v) is 4.40. The van der Waals surface area contributed by atoms with Gasteiger partial charge in [0, 0.05) is 0 Å². The second kappa shape index (κ2) is 3.02. The lowest BCUT2D eigenvalue weighted by molar-refractivity contribution is 0.211. The molecule has 2 N–H and O–H groups in total. The number of thiazole rings is 1. The van der Waals surface area contributed by atoms with E-state index in [9.17, 15) is 4.79 Å². The number of rotatable bonds is 1. The number of nitrogens with zero attached hydrogens (tertiary/aromatic N) is 1. The van der Waals surface area contributed by atoms with Crippen LogP contribution in [0, 0.1) is 0 Å². The van der Waals surface area contributed by atoms with Gasteiger partial charge in [0.05, 0.1) is 10.2 Å². The Hall–Kier alpha value is -1.62. The van der Waals surface area contributed by atoms with Crippen molar-refractivity contribution >= 4 is 27.6 Å². The molecule has 4 nitrogen and oxygen atoms in total. The fourth-order valence-electron chi connectivity index (χ4n) is 0.981. The van der Waals surface area contributed by atoms with Crippen LogP contribution in [0.25, 0.3) is 10.2 Å². The van der Waals surface area contributed by atoms with E-state index < -0.39 is 6.09 Å². The predicted octanol–water partition coefficient (Wildman–Crippen LogP) is 1.75. The Morgan fingerprint density at radius 2 is 2.23 bits per heavy atom. The van der Waals surface area contributed by atoms with Gasteiger partial charge in [0.2, 0.25) is 0 Å². The number of para-hydroxylation sites is 1. The normalized spacial score (nSPS) is 10.2. The molecular formula is C8H6N2O2S. The Morgan fingerprint density at radius 1 is 1.46 bits per heavy atom. The number of carbonyl (C=O) groups is 1. The molecule has 0 unspecified atom stereocenters. The zero-order valence-corrected chi connectivity index (χ0v) is 7.38. The highest BCUT2D eigenvalue weighted by Crippen LogP contribution is 2.26. The lowest BCUT2D eigenvalue weighted by Crippen LogP contribution is -2.15. The smallest absolute Gasteiger partial charge is 0.381 e. The van der Waals surface area contributed by atoms with Crippen LogP contribution in [0.3, 0.4) is 0 Å². The van der Waals surface area contributed by atoms with Gasteiger partial charge in [-0.15, -0.1) is 0 Å². The third-order valence-corrected chi connectivity index (χ3v) is 2.38. The number of ether oxygens (including phenoxy) is 1. The number of hydrogen-bond donors (Lipinski definition) is 1. The van der Waals surface area contributed by atoms with Gasteiger partial charge in [-0.25, -0.2) is 9.78 Å². The summed E-state index contributed by atoms with van der Waals surface area (Å²) in [6.07, 6.45) is -0.834. The zero-order valence-electron chi connectivity index (χ0n) is 6.56. The van der Waals surface area contributed by atoms with Crippen LogP contribution in [0.15, 0.2) is 24.3 Å². The van der Waals surface area contributed by atoms with Gasteiger partial charge in [-0.3, -0.25) is 0 Å². The van der Waals surface area contributed by atoms with Crippen molar-refractivity contribution in [1.29, 1.82) is 0 Å². The minimum absolute atomic E-state index is 0.286. The Bertz CT molecular complexity index is 419. The molecule has 0 saturated carbocycles. The first-order chi connectivity index (χ1) is 6.25. The van der Waals surface area contributed by atoms with Gasteiger partial charge in [0.1, 0.15) is 0 Å². The van der Waals surface area contributed by atoms with Gasteiger partial charge >= 0.3 is 6.09 Å². The average molecular weight is 194 g/mol. The molecule has 0 atom stereocenters. The van der Waals surface area contributed by atoms with Crippen LogP contribution < -0.4 is 10.5 Å². The summed E-state index contributed by atoms with van der Waals surface area (Å²) >= 11 is 1.29. The van der Waals surface area contributed by atoms with Crippen LogP contribution in [-0.2, 0) is 0 Å². The number of primary amides is 1. The summed E-state index contributed by atoms with van der Waals surface area (Å²) in [5.74, 6) is 0. The summed E-state index contributed by atoms with van der Waals surface area (Å²) in [5.41, 5.74) is 5.66. The lowest BCUT2D eigenvalue weighted by atomic mass is 10.3. The van der Waals surface area contributed by atoms with Crippen LogP contribution >= 0.6 is 11.3 Å². The van der Waals surface area contributed by atoms with Gasteiger partial charge in [-0.2, -0.15) is 0 Å². The summed E-state index contributed by atoms with van der Waals surface area (Å²) in [6, 6.07) is 7.52. The van der Waals surface area contributed by atoms with Crippen molar-refractivity contribution < 1.29 is 9.53 Å². The first-order valence-electron chi connectivity index (χ1n) is 3.58. The second-order valence-electron chi connectivity index (χ2n) is 2.37. The number of benzene rings is 1. The maximum absolute atomic E-state index is 10.4. The number of carbonyl (C=O) groups excluding carboxylic acids is 1. The number of hydrogen-bond acceptors (Lipinski definition) is 4. The summed E-state index contributed by atoms with van der Waals surface area (Å²) < 4.78 is 5.62. The highest BCUT2D eigenvalue weighted by molar-refractivity contribution is 7.20. The maximum atomic E-state index is 10.4. The lowest BCUT2D eigenvalue weighted by Gasteiger charge is -1.90. The van der Waals surface area contributed by atoms with E-state index in [-0.39, 0.29) is 5.19 Å². The molecule has 5 heteroatoms. The fourth-order valence-corrected chi connectivity index (χ4v) is 1.80. The molecule has 1 aromatic carbocycles. The van der Waals surface area contributed by atoms with Crippen LogP contribution in [0.5, 0.6) is 5.19 Å². The maximum Gasteiger partial charge on any atom is 0.411 e. The minimum Gasteiger partial charge on any atom is -0.381 e.